The molecule has 0 aliphatic carbocycles. The van der Waals surface area contributed by atoms with E-state index in [1.807, 2.05) is 36.8 Å². The molecule has 4 heterocycles. The van der Waals surface area contributed by atoms with Crippen molar-refractivity contribution in [1.29, 1.82) is 0 Å². The SMILES string of the molecule is CC1CC(N)CN(c2ccncc2N2C=CC=C3OC(N)C=C32)C1. The van der Waals surface area contributed by atoms with Crippen LogP contribution in [0.25, 0.3) is 0 Å². The number of fused-ring (bicyclic) bond motifs is 1. The lowest BCUT2D eigenvalue weighted by Gasteiger charge is -2.38. The lowest BCUT2D eigenvalue weighted by Crippen LogP contribution is -2.46. The summed E-state index contributed by atoms with van der Waals surface area (Å²) in [7, 11) is 0. The Balaban J connectivity index is 1.71. The summed E-state index contributed by atoms with van der Waals surface area (Å²) >= 11 is 0. The van der Waals surface area contributed by atoms with Gasteiger partial charge in [0.15, 0.2) is 6.23 Å². The van der Waals surface area contributed by atoms with Crippen LogP contribution in [0.5, 0.6) is 0 Å². The van der Waals surface area contributed by atoms with Crippen molar-refractivity contribution in [3.63, 3.8) is 0 Å². The minimum atomic E-state index is -0.405. The Morgan fingerprint density at radius 3 is 2.96 bits per heavy atom. The Hall–Kier alpha value is -2.31. The van der Waals surface area contributed by atoms with E-state index in [1.165, 1.54) is 0 Å². The summed E-state index contributed by atoms with van der Waals surface area (Å²) in [4.78, 5) is 8.79. The van der Waals surface area contributed by atoms with Crippen molar-refractivity contribution < 1.29 is 4.74 Å². The second kappa shape index (κ2) is 5.96. The monoisotopic (exact) mass is 325 g/mol. The Labute approximate surface area is 142 Å². The largest absolute Gasteiger partial charge is 0.470 e. The first-order valence-corrected chi connectivity index (χ1v) is 8.38. The van der Waals surface area contributed by atoms with E-state index < -0.39 is 6.23 Å². The topological polar surface area (TPSA) is 80.6 Å². The number of nitrogens with zero attached hydrogens (tertiary/aromatic N) is 3. The zero-order valence-electron chi connectivity index (χ0n) is 13.8. The number of piperidine rings is 1. The zero-order valence-corrected chi connectivity index (χ0v) is 13.8. The van der Waals surface area contributed by atoms with E-state index in [1.54, 1.807) is 0 Å². The number of allylic oxidation sites excluding steroid dienone is 2. The van der Waals surface area contributed by atoms with Crippen molar-refractivity contribution in [3.05, 3.63) is 54.3 Å². The van der Waals surface area contributed by atoms with Gasteiger partial charge in [-0.2, -0.15) is 0 Å². The molecule has 126 valence electrons. The molecule has 1 fully saturated rings. The first-order chi connectivity index (χ1) is 11.6. The van der Waals surface area contributed by atoms with Gasteiger partial charge in [0.25, 0.3) is 0 Å². The van der Waals surface area contributed by atoms with Gasteiger partial charge in [-0.1, -0.05) is 6.92 Å². The maximum absolute atomic E-state index is 6.24. The van der Waals surface area contributed by atoms with Gasteiger partial charge in [-0.25, -0.2) is 0 Å². The summed E-state index contributed by atoms with van der Waals surface area (Å²) in [5.41, 5.74) is 15.3. The van der Waals surface area contributed by atoms with Crippen molar-refractivity contribution >= 4 is 11.4 Å². The van der Waals surface area contributed by atoms with Crippen molar-refractivity contribution in [3.8, 4) is 0 Å². The Bertz CT molecular complexity index is 716. The summed E-state index contributed by atoms with van der Waals surface area (Å²) in [6.45, 7) is 4.11. The summed E-state index contributed by atoms with van der Waals surface area (Å²) in [6, 6.07) is 2.26. The Morgan fingerprint density at radius 2 is 2.12 bits per heavy atom. The average Bonchev–Trinajstić information content (AvgIpc) is 2.94. The molecule has 3 aliphatic heterocycles. The maximum atomic E-state index is 6.24. The molecular weight excluding hydrogens is 302 g/mol. The molecule has 0 saturated carbocycles. The summed E-state index contributed by atoms with van der Waals surface area (Å²) < 4.78 is 5.64. The molecule has 6 nitrogen and oxygen atoms in total. The van der Waals surface area contributed by atoms with Crippen LogP contribution in [-0.2, 0) is 4.74 Å². The van der Waals surface area contributed by atoms with E-state index >= 15 is 0 Å². The third kappa shape index (κ3) is 2.68. The highest BCUT2D eigenvalue weighted by atomic mass is 16.5. The Kier molecular flexibility index (Phi) is 3.78. The van der Waals surface area contributed by atoms with Crippen LogP contribution in [-0.4, -0.2) is 30.3 Å². The van der Waals surface area contributed by atoms with Gasteiger partial charge in [0.1, 0.15) is 5.76 Å². The Morgan fingerprint density at radius 1 is 1.25 bits per heavy atom. The van der Waals surface area contributed by atoms with Crippen LogP contribution in [0.2, 0.25) is 0 Å². The highest BCUT2D eigenvalue weighted by Gasteiger charge is 2.30. The van der Waals surface area contributed by atoms with Crippen LogP contribution < -0.4 is 21.3 Å². The maximum Gasteiger partial charge on any atom is 0.169 e. The molecule has 3 atom stereocenters. The second-order valence-corrected chi connectivity index (χ2v) is 6.75. The molecule has 0 aromatic carbocycles. The van der Waals surface area contributed by atoms with Gasteiger partial charge in [0.2, 0.25) is 0 Å². The number of aromatic nitrogens is 1. The standard InChI is InChI=1S/C18H23N5O/c1-12-7-13(19)11-22(10-12)14-4-5-21-9-16(14)23-6-2-3-17-15(23)8-18(20)24-17/h2-6,8-9,12-13,18H,7,10-11,19-20H2,1H3. The van der Waals surface area contributed by atoms with Crippen LogP contribution >= 0.6 is 0 Å². The lowest BCUT2D eigenvalue weighted by atomic mass is 9.96. The van der Waals surface area contributed by atoms with Crippen LogP contribution in [0.3, 0.4) is 0 Å². The number of ether oxygens (including phenoxy) is 1. The predicted molar refractivity (Wildman–Crippen MR) is 95.1 cm³/mol. The van der Waals surface area contributed by atoms with Gasteiger partial charge >= 0.3 is 0 Å². The molecule has 3 aliphatic rings. The molecule has 0 amide bonds. The van der Waals surface area contributed by atoms with Gasteiger partial charge in [0.05, 0.1) is 23.3 Å². The van der Waals surface area contributed by atoms with E-state index in [-0.39, 0.29) is 6.04 Å². The number of anilines is 2. The molecule has 4 N–H and O–H groups in total. The molecular formula is C18H23N5O. The van der Waals surface area contributed by atoms with Crippen molar-refractivity contribution in [2.24, 2.45) is 17.4 Å². The normalized spacial score (nSPS) is 29.0. The average molecular weight is 325 g/mol. The summed E-state index contributed by atoms with van der Waals surface area (Å²) in [5, 5.41) is 0. The molecule has 24 heavy (non-hydrogen) atoms. The number of nitrogens with two attached hydrogens (primary N) is 2. The predicted octanol–water partition coefficient (Wildman–Crippen LogP) is 1.67. The van der Waals surface area contributed by atoms with Gasteiger partial charge < -0.3 is 20.3 Å². The van der Waals surface area contributed by atoms with E-state index in [0.717, 1.165) is 42.3 Å². The summed E-state index contributed by atoms with van der Waals surface area (Å²) in [5.74, 6) is 1.37. The third-order valence-corrected chi connectivity index (χ3v) is 4.65. The molecule has 0 radical (unpaired) electrons. The molecule has 0 bridgehead atoms. The third-order valence-electron chi connectivity index (χ3n) is 4.65. The van der Waals surface area contributed by atoms with Crippen LogP contribution in [0, 0.1) is 5.92 Å². The van der Waals surface area contributed by atoms with E-state index in [9.17, 15) is 0 Å². The van der Waals surface area contributed by atoms with Crippen molar-refractivity contribution in [1.82, 2.24) is 4.98 Å². The second-order valence-electron chi connectivity index (χ2n) is 6.75. The van der Waals surface area contributed by atoms with Crippen LogP contribution in [0.1, 0.15) is 13.3 Å². The minimum absolute atomic E-state index is 0.199. The fourth-order valence-corrected chi connectivity index (χ4v) is 3.74. The fourth-order valence-electron chi connectivity index (χ4n) is 3.74. The molecule has 6 heteroatoms. The zero-order chi connectivity index (χ0) is 16.7. The van der Waals surface area contributed by atoms with E-state index in [4.69, 9.17) is 16.2 Å². The molecule has 1 aromatic rings. The van der Waals surface area contributed by atoms with Gasteiger partial charge in [0, 0.05) is 31.5 Å². The number of hydrogen-bond donors (Lipinski definition) is 2. The fraction of sp³-hybridized carbons (Fsp3) is 0.389. The first kappa shape index (κ1) is 15.2. The number of pyridine rings is 1. The minimum Gasteiger partial charge on any atom is -0.470 e. The number of rotatable bonds is 2. The van der Waals surface area contributed by atoms with Gasteiger partial charge in [-0.3, -0.25) is 10.7 Å². The molecule has 3 unspecified atom stereocenters. The molecule has 1 saturated heterocycles. The van der Waals surface area contributed by atoms with E-state index in [0.29, 0.717) is 5.92 Å². The van der Waals surface area contributed by atoms with Crippen LogP contribution in [0.4, 0.5) is 11.4 Å². The van der Waals surface area contributed by atoms with Crippen LogP contribution in [0.15, 0.2) is 54.3 Å². The van der Waals surface area contributed by atoms with E-state index in [2.05, 4.69) is 27.8 Å². The number of hydrogen-bond acceptors (Lipinski definition) is 6. The molecule has 1 aromatic heterocycles. The van der Waals surface area contributed by atoms with Crippen molar-refractivity contribution in [2.45, 2.75) is 25.6 Å². The highest BCUT2D eigenvalue weighted by Crippen LogP contribution is 2.38. The highest BCUT2D eigenvalue weighted by molar-refractivity contribution is 5.76. The molecule has 4 rings (SSSR count). The lowest BCUT2D eigenvalue weighted by molar-refractivity contribution is 0.186. The quantitative estimate of drug-likeness (QED) is 0.861. The van der Waals surface area contributed by atoms with Crippen molar-refractivity contribution in [2.75, 3.05) is 22.9 Å². The summed E-state index contributed by atoms with van der Waals surface area (Å²) in [6.07, 6.45) is 12.2. The smallest absolute Gasteiger partial charge is 0.169 e. The van der Waals surface area contributed by atoms with Gasteiger partial charge in [-0.15, -0.1) is 0 Å². The van der Waals surface area contributed by atoms with Gasteiger partial charge in [-0.05, 0) is 36.6 Å². The first-order valence-electron chi connectivity index (χ1n) is 8.38. The molecule has 0 spiro atoms.